The van der Waals surface area contributed by atoms with Crippen LogP contribution in [-0.4, -0.2) is 66.2 Å². The van der Waals surface area contributed by atoms with Gasteiger partial charge in [-0.05, 0) is 74.2 Å². The zero-order valence-electron chi connectivity index (χ0n) is 36.8. The van der Waals surface area contributed by atoms with Gasteiger partial charge in [-0.2, -0.15) is 6.20 Å². The molecule has 4 aromatic carbocycles. The SMILES string of the molecule is C1=CC[N-]C=C1.C1CC[N-]CC1.C1CC[N-]CC1.C1CC[N-]CC1.Cc1ccccc1O.Cc1ccccc1O.Cc1ccccc1O.Cc1ccccc1O.[Co].[Li+].[Li+]. The number of allylic oxidation sites excluding steroid dienone is 2. The summed E-state index contributed by atoms with van der Waals surface area (Å²) in [6.07, 6.45) is 20.0. The molecule has 0 amide bonds. The van der Waals surface area contributed by atoms with E-state index in [0.29, 0.717) is 23.0 Å². The van der Waals surface area contributed by atoms with Crippen molar-refractivity contribution in [3.05, 3.63) is 165 Å². The number of phenols is 4. The van der Waals surface area contributed by atoms with Crippen LogP contribution in [-0.2, 0) is 16.8 Å². The van der Waals surface area contributed by atoms with Crippen molar-refractivity contribution in [3.8, 4) is 23.0 Å². The molecule has 11 heteroatoms. The zero-order valence-corrected chi connectivity index (χ0v) is 37.8. The average molecular weight is 838 g/mol. The third kappa shape index (κ3) is 36.5. The van der Waals surface area contributed by atoms with Gasteiger partial charge in [0.25, 0.3) is 0 Å². The van der Waals surface area contributed by atoms with E-state index in [1.54, 1.807) is 30.5 Å². The molecule has 8 nitrogen and oxygen atoms in total. The number of nitrogens with zero attached hydrogens (tertiary/aromatic N) is 4. The number of benzene rings is 4. The van der Waals surface area contributed by atoms with Gasteiger partial charge in [0.2, 0.25) is 0 Å². The van der Waals surface area contributed by atoms with E-state index in [0.717, 1.165) is 68.1 Å². The summed E-state index contributed by atoms with van der Waals surface area (Å²) in [6, 6.07) is 29.0. The molecular weight excluding hydrogens is 769 g/mol. The van der Waals surface area contributed by atoms with Gasteiger partial charge in [0.1, 0.15) is 23.0 Å². The number of piperidine rings is 3. The molecule has 1 radical (unpaired) electrons. The average Bonchev–Trinajstić information content (AvgIpc) is 3.26. The summed E-state index contributed by atoms with van der Waals surface area (Å²) < 4.78 is 0. The molecule has 0 spiro atoms. The number of para-hydroxylation sites is 4. The molecule has 4 N–H and O–H groups in total. The largest absolute Gasteiger partial charge is 1.00 e. The van der Waals surface area contributed by atoms with Crippen LogP contribution in [0.25, 0.3) is 21.3 Å². The van der Waals surface area contributed by atoms with Crippen LogP contribution >= 0.6 is 0 Å². The Morgan fingerprint density at radius 3 is 0.712 bits per heavy atom. The van der Waals surface area contributed by atoms with Crippen molar-refractivity contribution in [2.75, 3.05) is 45.8 Å². The van der Waals surface area contributed by atoms with Gasteiger partial charge in [0, 0.05) is 16.8 Å². The second-order valence-corrected chi connectivity index (χ2v) is 13.5. The van der Waals surface area contributed by atoms with Crippen LogP contribution in [0.5, 0.6) is 23.0 Å². The molecule has 4 aliphatic heterocycles. The summed E-state index contributed by atoms with van der Waals surface area (Å²) in [7, 11) is 0. The van der Waals surface area contributed by atoms with Crippen LogP contribution < -0.4 is 37.7 Å². The minimum atomic E-state index is 0. The summed E-state index contributed by atoms with van der Waals surface area (Å²) in [5.41, 5.74) is 3.69. The zero-order chi connectivity index (χ0) is 40.9. The first-order valence-corrected chi connectivity index (χ1v) is 20.1. The topological polar surface area (TPSA) is 137 Å². The Morgan fingerprint density at radius 2 is 0.627 bits per heavy atom. The smallest absolute Gasteiger partial charge is 0.687 e. The van der Waals surface area contributed by atoms with E-state index in [4.69, 9.17) is 20.4 Å². The van der Waals surface area contributed by atoms with Gasteiger partial charge in [-0.15, -0.1) is 51.9 Å². The summed E-state index contributed by atoms with van der Waals surface area (Å²) in [5.74, 6) is 1.47. The molecule has 317 valence electrons. The Labute approximate surface area is 391 Å². The fraction of sp³-hybridized carbons (Fsp3) is 0.417. The van der Waals surface area contributed by atoms with Crippen LogP contribution in [0, 0.1) is 27.7 Å². The normalized spacial score (nSPS) is 14.0. The van der Waals surface area contributed by atoms with Crippen molar-refractivity contribution in [2.24, 2.45) is 0 Å². The second-order valence-electron chi connectivity index (χ2n) is 13.5. The van der Waals surface area contributed by atoms with Gasteiger partial charge in [-0.3, -0.25) is 0 Å². The molecule has 3 saturated heterocycles. The quantitative estimate of drug-likeness (QED) is 0.144. The molecule has 4 aromatic rings. The molecule has 0 atom stereocenters. The second kappa shape index (κ2) is 43.0. The van der Waals surface area contributed by atoms with Crippen molar-refractivity contribution < 1.29 is 74.9 Å². The fourth-order valence-corrected chi connectivity index (χ4v) is 4.83. The summed E-state index contributed by atoms with van der Waals surface area (Å²) in [5, 5.41) is 52.1. The summed E-state index contributed by atoms with van der Waals surface area (Å²) >= 11 is 0. The van der Waals surface area contributed by atoms with Gasteiger partial charge in [0.15, 0.2) is 0 Å². The standard InChI is InChI=1S/4C7H8O.3C5H10N.C5H6N.Co.2Li/c4*1-6-4-2-3-5-7(6)8;4*1-2-4-6-5-3-1;;;/h4*2-5,8H,1H3;3*1-5H2;1-4H,5H2;;;/q;;;;4*-1;;2*+1. The minimum Gasteiger partial charge on any atom is -0.687 e. The Balaban J connectivity index is -0.000000605. The molecule has 0 saturated carbocycles. The van der Waals surface area contributed by atoms with Gasteiger partial charge >= 0.3 is 37.7 Å². The van der Waals surface area contributed by atoms with Gasteiger partial charge in [-0.1, -0.05) is 143 Å². The number of phenolic OH excluding ortho intramolecular Hbond substituents is 4. The summed E-state index contributed by atoms with van der Waals surface area (Å²) in [4.78, 5) is 0. The van der Waals surface area contributed by atoms with Crippen LogP contribution in [0.2, 0.25) is 0 Å². The summed E-state index contributed by atoms with van der Waals surface area (Å²) in [6.45, 7) is 15.1. The van der Waals surface area contributed by atoms with Crippen molar-refractivity contribution in [3.63, 3.8) is 0 Å². The van der Waals surface area contributed by atoms with Crippen molar-refractivity contribution in [1.82, 2.24) is 0 Å². The van der Waals surface area contributed by atoms with E-state index >= 15 is 0 Å². The van der Waals surface area contributed by atoms with Crippen molar-refractivity contribution in [2.45, 2.75) is 85.5 Å². The first-order valence-electron chi connectivity index (χ1n) is 20.1. The molecule has 4 heterocycles. The van der Waals surface area contributed by atoms with Crippen LogP contribution in [0.3, 0.4) is 0 Å². The molecule has 0 bridgehead atoms. The van der Waals surface area contributed by atoms with Gasteiger partial charge in [-0.25, -0.2) is 0 Å². The molecule has 0 unspecified atom stereocenters. The Hall–Kier alpha value is -3.06. The number of aryl methyl sites for hydroxylation is 4. The van der Waals surface area contributed by atoms with E-state index < -0.39 is 0 Å². The third-order valence-corrected chi connectivity index (χ3v) is 8.51. The molecule has 3 fully saturated rings. The number of hydrogen-bond acceptors (Lipinski definition) is 4. The van der Waals surface area contributed by atoms with E-state index in [9.17, 15) is 0 Å². The molecule has 4 aliphatic rings. The predicted molar refractivity (Wildman–Crippen MR) is 239 cm³/mol. The molecule has 0 aliphatic carbocycles. The fourth-order valence-electron chi connectivity index (χ4n) is 4.83. The molecule has 59 heavy (non-hydrogen) atoms. The van der Waals surface area contributed by atoms with E-state index in [1.807, 2.05) is 119 Å². The molecular formula is C48H68CoLi2N4O4-2. The van der Waals surface area contributed by atoms with Crippen molar-refractivity contribution in [1.29, 1.82) is 0 Å². The van der Waals surface area contributed by atoms with Gasteiger partial charge in [0.05, 0.1) is 0 Å². The number of rotatable bonds is 0. The number of hydrogen-bond donors (Lipinski definition) is 4. The van der Waals surface area contributed by atoms with Crippen LogP contribution in [0.15, 0.2) is 121 Å². The maximum absolute atomic E-state index is 8.92. The Bertz CT molecular complexity index is 1250. The third-order valence-electron chi connectivity index (χ3n) is 8.51. The van der Waals surface area contributed by atoms with E-state index in [1.165, 1.54) is 57.8 Å². The Morgan fingerprint density at radius 1 is 0.373 bits per heavy atom. The number of aromatic hydroxyl groups is 4. The Kier molecular flexibility index (Phi) is 44.0. The van der Waals surface area contributed by atoms with Gasteiger partial charge < -0.3 is 41.7 Å². The maximum Gasteiger partial charge on any atom is 1.00 e. The monoisotopic (exact) mass is 837 g/mol. The molecule has 0 aromatic heterocycles. The van der Waals surface area contributed by atoms with Crippen LogP contribution in [0.4, 0.5) is 0 Å². The van der Waals surface area contributed by atoms with E-state index in [2.05, 4.69) is 21.3 Å². The molecule has 8 rings (SSSR count). The first-order chi connectivity index (χ1) is 27.2. The maximum atomic E-state index is 8.92. The minimum absolute atomic E-state index is 0. The first kappa shape index (κ1) is 60.2. The van der Waals surface area contributed by atoms with Crippen molar-refractivity contribution >= 4 is 0 Å². The predicted octanol–water partition coefficient (Wildman–Crippen LogP) is 6.88. The van der Waals surface area contributed by atoms with E-state index in [-0.39, 0.29) is 54.5 Å². The van der Waals surface area contributed by atoms with Crippen LogP contribution in [0.1, 0.15) is 80.0 Å².